The molecular formula is C26H33NO5. The van der Waals surface area contributed by atoms with Crippen molar-refractivity contribution in [2.45, 2.75) is 65.5 Å². The molecule has 1 amide bonds. The molecule has 0 radical (unpaired) electrons. The number of Topliss-reactive ketones (excluding diaryl/α,β-unsaturated/α-hetero) is 1. The van der Waals surface area contributed by atoms with Crippen LogP contribution in [0.3, 0.4) is 0 Å². The van der Waals surface area contributed by atoms with Crippen molar-refractivity contribution in [3.05, 3.63) is 52.6 Å². The van der Waals surface area contributed by atoms with E-state index in [-0.39, 0.29) is 18.7 Å². The molecule has 172 valence electrons. The molecule has 0 bridgehead atoms. The summed E-state index contributed by atoms with van der Waals surface area (Å²) >= 11 is 0. The van der Waals surface area contributed by atoms with Gasteiger partial charge in [0.05, 0.1) is 25.9 Å². The van der Waals surface area contributed by atoms with Crippen LogP contribution < -0.4 is 14.4 Å². The van der Waals surface area contributed by atoms with Gasteiger partial charge in [0.15, 0.2) is 17.1 Å². The van der Waals surface area contributed by atoms with Gasteiger partial charge < -0.3 is 19.5 Å². The third kappa shape index (κ3) is 4.51. The number of carbonyl (C=O) groups excluding carboxylic acids is 2. The maximum absolute atomic E-state index is 13.4. The maximum Gasteiger partial charge on any atom is 0.264 e. The molecule has 1 atom stereocenters. The van der Waals surface area contributed by atoms with E-state index in [1.165, 1.54) is 6.92 Å². The summed E-state index contributed by atoms with van der Waals surface area (Å²) < 4.78 is 11.4. The lowest BCUT2D eigenvalue weighted by atomic mass is 9.86. The second-order valence-corrected chi connectivity index (χ2v) is 8.59. The first-order chi connectivity index (χ1) is 15.2. The number of methoxy groups -OCH3 is 1. The molecular weight excluding hydrogens is 406 g/mol. The van der Waals surface area contributed by atoms with E-state index in [2.05, 4.69) is 6.92 Å². The molecule has 2 aromatic rings. The smallest absolute Gasteiger partial charge is 0.264 e. The van der Waals surface area contributed by atoms with E-state index >= 15 is 0 Å². The maximum atomic E-state index is 13.4. The molecule has 0 spiro atoms. The minimum atomic E-state index is -1.84. The monoisotopic (exact) mass is 439 g/mol. The van der Waals surface area contributed by atoms with Crippen molar-refractivity contribution in [1.82, 2.24) is 0 Å². The van der Waals surface area contributed by atoms with Gasteiger partial charge in [-0.15, -0.1) is 0 Å². The zero-order chi connectivity index (χ0) is 23.5. The molecule has 1 N–H and O–H groups in total. The normalized spacial score (nSPS) is 17.4. The molecule has 0 saturated carbocycles. The zero-order valence-corrected chi connectivity index (χ0v) is 19.7. The van der Waals surface area contributed by atoms with Gasteiger partial charge in [-0.25, -0.2) is 0 Å². The lowest BCUT2D eigenvalue weighted by Crippen LogP contribution is -2.41. The number of ether oxygens (including phenoxy) is 2. The Morgan fingerprint density at radius 2 is 1.81 bits per heavy atom. The largest absolute Gasteiger partial charge is 0.493 e. The second kappa shape index (κ2) is 9.74. The fraction of sp³-hybridized carbons (Fsp3) is 0.462. The number of benzene rings is 2. The molecule has 1 unspecified atom stereocenters. The molecule has 1 aliphatic rings. The highest BCUT2D eigenvalue weighted by atomic mass is 16.5. The minimum Gasteiger partial charge on any atom is -0.493 e. The summed E-state index contributed by atoms with van der Waals surface area (Å²) in [5.74, 6) is 0.561. The van der Waals surface area contributed by atoms with Gasteiger partial charge in [0.1, 0.15) is 5.78 Å². The van der Waals surface area contributed by atoms with E-state index in [0.29, 0.717) is 29.4 Å². The number of ketones is 1. The molecule has 6 heteroatoms. The van der Waals surface area contributed by atoms with Crippen LogP contribution in [0.25, 0.3) is 0 Å². The van der Waals surface area contributed by atoms with Gasteiger partial charge in [0.2, 0.25) is 0 Å². The molecule has 2 aromatic carbocycles. The first-order valence-electron chi connectivity index (χ1n) is 11.2. The third-order valence-electron chi connectivity index (χ3n) is 5.95. The van der Waals surface area contributed by atoms with Gasteiger partial charge in [-0.3, -0.25) is 9.59 Å². The lowest BCUT2D eigenvalue weighted by Gasteiger charge is -2.23. The average molecular weight is 440 g/mol. The summed E-state index contributed by atoms with van der Waals surface area (Å²) in [6.07, 6.45) is 2.97. The van der Waals surface area contributed by atoms with E-state index in [4.69, 9.17) is 9.47 Å². The van der Waals surface area contributed by atoms with E-state index in [1.807, 2.05) is 44.2 Å². The molecule has 0 fully saturated rings. The number of hydrogen-bond donors (Lipinski definition) is 1. The molecule has 32 heavy (non-hydrogen) atoms. The van der Waals surface area contributed by atoms with Gasteiger partial charge in [0, 0.05) is 12.0 Å². The number of rotatable bonds is 10. The van der Waals surface area contributed by atoms with Crippen LogP contribution in [0.1, 0.15) is 61.8 Å². The topological polar surface area (TPSA) is 76.1 Å². The van der Waals surface area contributed by atoms with Crippen LogP contribution in [0.5, 0.6) is 11.5 Å². The molecule has 0 aromatic heterocycles. The number of unbranched alkanes of at least 4 members (excludes halogenated alkanes) is 2. The van der Waals surface area contributed by atoms with Crippen molar-refractivity contribution in [2.24, 2.45) is 0 Å². The van der Waals surface area contributed by atoms with Gasteiger partial charge >= 0.3 is 0 Å². The van der Waals surface area contributed by atoms with Gasteiger partial charge in [-0.05, 0) is 56.0 Å². The molecule has 1 aliphatic heterocycles. The Morgan fingerprint density at radius 1 is 1.09 bits per heavy atom. The molecule has 0 saturated heterocycles. The minimum absolute atomic E-state index is 0.235. The Bertz CT molecular complexity index is 1020. The molecule has 6 nitrogen and oxygen atoms in total. The number of nitrogens with zero attached hydrogens (tertiary/aromatic N) is 1. The molecule has 0 aliphatic carbocycles. The number of carbonyl (C=O) groups is 2. The number of fused-ring (bicyclic) bond motifs is 1. The summed E-state index contributed by atoms with van der Waals surface area (Å²) in [5, 5.41) is 11.4. The van der Waals surface area contributed by atoms with E-state index in [1.54, 1.807) is 12.0 Å². The Hall–Kier alpha value is -2.86. The summed E-state index contributed by atoms with van der Waals surface area (Å²) in [7, 11) is 1.59. The second-order valence-electron chi connectivity index (χ2n) is 8.59. The van der Waals surface area contributed by atoms with Crippen LogP contribution in [-0.2, 0) is 21.7 Å². The van der Waals surface area contributed by atoms with Gasteiger partial charge in [-0.2, -0.15) is 0 Å². The highest BCUT2D eigenvalue weighted by Crippen LogP contribution is 2.47. The fourth-order valence-electron chi connectivity index (χ4n) is 4.42. The van der Waals surface area contributed by atoms with Crippen molar-refractivity contribution in [3.8, 4) is 11.5 Å². The van der Waals surface area contributed by atoms with Gasteiger partial charge in [0.25, 0.3) is 5.91 Å². The highest BCUT2D eigenvalue weighted by Gasteiger charge is 2.51. The Kier molecular flexibility index (Phi) is 7.24. The van der Waals surface area contributed by atoms with E-state index in [9.17, 15) is 14.7 Å². The van der Waals surface area contributed by atoms with Crippen molar-refractivity contribution < 1.29 is 24.2 Å². The summed E-state index contributed by atoms with van der Waals surface area (Å²) in [4.78, 5) is 26.9. The number of aliphatic hydroxyl groups is 1. The predicted octanol–water partition coefficient (Wildman–Crippen LogP) is 4.59. The van der Waals surface area contributed by atoms with Crippen molar-refractivity contribution >= 4 is 17.4 Å². The summed E-state index contributed by atoms with van der Waals surface area (Å²) in [5.41, 5.74) is 1.87. The van der Waals surface area contributed by atoms with Gasteiger partial charge in [-0.1, -0.05) is 38.0 Å². The van der Waals surface area contributed by atoms with Crippen LogP contribution in [0.2, 0.25) is 0 Å². The number of aryl methyl sites for hydroxylation is 2. The highest BCUT2D eigenvalue weighted by molar-refractivity contribution is 6.09. The summed E-state index contributed by atoms with van der Waals surface area (Å²) in [6.45, 7) is 8.18. The van der Waals surface area contributed by atoms with E-state index < -0.39 is 11.5 Å². The number of anilines is 1. The Balaban J connectivity index is 1.93. The fourth-order valence-corrected chi connectivity index (χ4v) is 4.42. The standard InChI is InChI=1S/C26H33NO5/c1-6-7-8-13-32-21-12-11-20(14-22(21)31-5)16-27-24-18(3)10-9-17(2)23(24)26(30,25(27)29)15-19(4)28/h9-12,14,30H,6-8,13,15-16H2,1-5H3. The Morgan fingerprint density at radius 3 is 2.47 bits per heavy atom. The quantitative estimate of drug-likeness (QED) is 0.548. The number of amides is 1. The predicted molar refractivity (Wildman–Crippen MR) is 124 cm³/mol. The van der Waals surface area contributed by atoms with Crippen LogP contribution in [0.15, 0.2) is 30.3 Å². The average Bonchev–Trinajstić information content (AvgIpc) is 2.96. The Labute approximate surface area is 190 Å². The zero-order valence-electron chi connectivity index (χ0n) is 19.7. The summed E-state index contributed by atoms with van der Waals surface area (Å²) in [6, 6.07) is 9.42. The number of hydrogen-bond acceptors (Lipinski definition) is 5. The SMILES string of the molecule is CCCCCOc1ccc(CN2C(=O)C(O)(CC(C)=O)c3c(C)ccc(C)c32)cc1OC. The third-order valence-corrected chi connectivity index (χ3v) is 5.95. The van der Waals surface area contributed by atoms with Crippen LogP contribution in [0.4, 0.5) is 5.69 Å². The van der Waals surface area contributed by atoms with Crippen LogP contribution in [0, 0.1) is 13.8 Å². The van der Waals surface area contributed by atoms with Crippen molar-refractivity contribution in [1.29, 1.82) is 0 Å². The van der Waals surface area contributed by atoms with E-state index in [0.717, 1.165) is 36.0 Å². The van der Waals surface area contributed by atoms with Crippen molar-refractivity contribution in [3.63, 3.8) is 0 Å². The first kappa shape index (κ1) is 23.8. The van der Waals surface area contributed by atoms with Crippen LogP contribution in [-0.4, -0.2) is 30.5 Å². The lowest BCUT2D eigenvalue weighted by molar-refractivity contribution is -0.141. The molecule has 3 rings (SSSR count). The van der Waals surface area contributed by atoms with Crippen LogP contribution >= 0.6 is 0 Å². The first-order valence-corrected chi connectivity index (χ1v) is 11.2. The molecule has 1 heterocycles. The van der Waals surface area contributed by atoms with Crippen molar-refractivity contribution in [2.75, 3.05) is 18.6 Å².